The lowest BCUT2D eigenvalue weighted by atomic mass is 10.1. The van der Waals surface area contributed by atoms with Crippen LogP contribution in [0.5, 0.6) is 0 Å². The number of nitrogens with one attached hydrogen (secondary N) is 1. The standard InChI is InChI=1S/C19H20FN5OS/c1-2-16-23-17-8-7-14(10-25(17)24-16)21-19(26)15-11-27-18(22-15)9-12-3-5-13(20)6-4-12/h3-6,11,14H,2,7-10H2,1H3,(H,21,26). The molecule has 6 nitrogen and oxygen atoms in total. The van der Waals surface area contributed by atoms with Gasteiger partial charge in [-0.15, -0.1) is 11.3 Å². The monoisotopic (exact) mass is 385 g/mol. The molecule has 1 unspecified atom stereocenters. The van der Waals surface area contributed by atoms with Crippen LogP contribution in [0.3, 0.4) is 0 Å². The van der Waals surface area contributed by atoms with Crippen LogP contribution in [0.25, 0.3) is 0 Å². The normalized spacial score (nSPS) is 16.1. The van der Waals surface area contributed by atoms with Gasteiger partial charge in [0.15, 0.2) is 5.82 Å². The van der Waals surface area contributed by atoms with E-state index in [-0.39, 0.29) is 17.8 Å². The number of benzene rings is 1. The number of thiazole rings is 1. The molecule has 140 valence electrons. The lowest BCUT2D eigenvalue weighted by Gasteiger charge is -2.23. The molecule has 4 rings (SSSR count). The van der Waals surface area contributed by atoms with Gasteiger partial charge >= 0.3 is 0 Å². The van der Waals surface area contributed by atoms with E-state index in [0.717, 1.165) is 41.5 Å². The summed E-state index contributed by atoms with van der Waals surface area (Å²) in [5, 5.41) is 10.1. The van der Waals surface area contributed by atoms with Crippen LogP contribution in [0.2, 0.25) is 0 Å². The molecule has 0 radical (unpaired) electrons. The molecular formula is C19H20FN5OS. The van der Waals surface area contributed by atoms with Crippen molar-refractivity contribution in [2.45, 2.75) is 45.2 Å². The molecule has 1 aliphatic rings. The van der Waals surface area contributed by atoms with Gasteiger partial charge in [-0.3, -0.25) is 4.79 Å². The molecule has 1 atom stereocenters. The van der Waals surface area contributed by atoms with Crippen molar-refractivity contribution in [2.75, 3.05) is 0 Å². The average Bonchev–Trinajstić information content (AvgIpc) is 3.30. The van der Waals surface area contributed by atoms with Gasteiger partial charge in [-0.2, -0.15) is 5.10 Å². The van der Waals surface area contributed by atoms with Gasteiger partial charge in [0.2, 0.25) is 0 Å². The van der Waals surface area contributed by atoms with Crippen LogP contribution in [-0.2, 0) is 25.8 Å². The van der Waals surface area contributed by atoms with Crippen molar-refractivity contribution in [1.29, 1.82) is 0 Å². The smallest absolute Gasteiger partial charge is 0.271 e. The summed E-state index contributed by atoms with van der Waals surface area (Å²) >= 11 is 1.44. The summed E-state index contributed by atoms with van der Waals surface area (Å²) in [6.07, 6.45) is 3.06. The maximum atomic E-state index is 13.0. The molecule has 2 aromatic heterocycles. The van der Waals surface area contributed by atoms with Crippen molar-refractivity contribution in [3.8, 4) is 0 Å². The molecule has 1 aliphatic heterocycles. The average molecular weight is 385 g/mol. The second-order valence-electron chi connectivity index (χ2n) is 6.62. The molecule has 27 heavy (non-hydrogen) atoms. The van der Waals surface area contributed by atoms with E-state index < -0.39 is 0 Å². The molecule has 3 heterocycles. The topological polar surface area (TPSA) is 72.7 Å². The number of amides is 1. The number of hydrogen-bond acceptors (Lipinski definition) is 5. The summed E-state index contributed by atoms with van der Waals surface area (Å²) in [7, 11) is 0. The van der Waals surface area contributed by atoms with E-state index in [1.807, 2.05) is 11.6 Å². The molecule has 0 bridgehead atoms. The zero-order chi connectivity index (χ0) is 18.8. The minimum absolute atomic E-state index is 0.0265. The van der Waals surface area contributed by atoms with Crippen molar-refractivity contribution < 1.29 is 9.18 Å². The Labute approximate surface area is 160 Å². The Bertz CT molecular complexity index is 949. The van der Waals surface area contributed by atoms with Crippen molar-refractivity contribution in [3.63, 3.8) is 0 Å². The predicted molar refractivity (Wildman–Crippen MR) is 100 cm³/mol. The molecule has 0 aliphatic carbocycles. The highest BCUT2D eigenvalue weighted by Crippen LogP contribution is 2.17. The lowest BCUT2D eigenvalue weighted by Crippen LogP contribution is -2.41. The maximum Gasteiger partial charge on any atom is 0.271 e. The molecule has 0 spiro atoms. The Balaban J connectivity index is 1.37. The van der Waals surface area contributed by atoms with E-state index in [4.69, 9.17) is 0 Å². The van der Waals surface area contributed by atoms with E-state index in [0.29, 0.717) is 18.7 Å². The molecule has 0 saturated carbocycles. The summed E-state index contributed by atoms with van der Waals surface area (Å²) < 4.78 is 14.9. The molecular weight excluding hydrogens is 365 g/mol. The third-order valence-corrected chi connectivity index (χ3v) is 5.46. The number of hydrogen-bond donors (Lipinski definition) is 1. The largest absolute Gasteiger partial charge is 0.346 e. The van der Waals surface area contributed by atoms with E-state index in [9.17, 15) is 9.18 Å². The van der Waals surface area contributed by atoms with Crippen LogP contribution in [0.1, 0.15) is 46.1 Å². The Kier molecular flexibility index (Phi) is 4.98. The molecule has 1 N–H and O–H groups in total. The van der Waals surface area contributed by atoms with Crippen LogP contribution in [-0.4, -0.2) is 31.7 Å². The maximum absolute atomic E-state index is 13.0. The lowest BCUT2D eigenvalue weighted by molar-refractivity contribution is 0.0921. The first-order chi connectivity index (χ1) is 13.1. The molecule has 1 amide bonds. The summed E-state index contributed by atoms with van der Waals surface area (Å²) in [6.45, 7) is 2.67. The first-order valence-electron chi connectivity index (χ1n) is 9.03. The highest BCUT2D eigenvalue weighted by molar-refractivity contribution is 7.09. The number of aryl methyl sites for hydroxylation is 2. The first kappa shape index (κ1) is 17.8. The second kappa shape index (κ2) is 7.56. The number of nitrogens with zero attached hydrogens (tertiary/aromatic N) is 4. The van der Waals surface area contributed by atoms with Crippen LogP contribution in [0.15, 0.2) is 29.6 Å². The van der Waals surface area contributed by atoms with Crippen LogP contribution in [0, 0.1) is 5.82 Å². The van der Waals surface area contributed by atoms with Crippen LogP contribution >= 0.6 is 11.3 Å². The molecule has 1 aromatic carbocycles. The third-order valence-electron chi connectivity index (χ3n) is 4.61. The number of aromatic nitrogens is 4. The van der Waals surface area contributed by atoms with Crippen LogP contribution < -0.4 is 5.32 Å². The number of halogens is 1. The van der Waals surface area contributed by atoms with Crippen molar-refractivity contribution >= 4 is 17.2 Å². The zero-order valence-electron chi connectivity index (χ0n) is 15.0. The minimum Gasteiger partial charge on any atom is -0.346 e. The number of carbonyl (C=O) groups is 1. The van der Waals surface area contributed by atoms with Crippen molar-refractivity contribution in [2.24, 2.45) is 0 Å². The molecule has 3 aromatic rings. The van der Waals surface area contributed by atoms with Crippen molar-refractivity contribution in [1.82, 2.24) is 25.1 Å². The van der Waals surface area contributed by atoms with Gasteiger partial charge in [-0.1, -0.05) is 19.1 Å². The van der Waals surface area contributed by atoms with E-state index in [1.165, 1.54) is 23.5 Å². The quantitative estimate of drug-likeness (QED) is 0.733. The summed E-state index contributed by atoms with van der Waals surface area (Å²) in [5.74, 6) is 1.42. The summed E-state index contributed by atoms with van der Waals surface area (Å²) in [6, 6.07) is 6.36. The van der Waals surface area contributed by atoms with E-state index in [1.54, 1.807) is 17.5 Å². The molecule has 8 heteroatoms. The van der Waals surface area contributed by atoms with Crippen LogP contribution in [0.4, 0.5) is 4.39 Å². The van der Waals surface area contributed by atoms with Gasteiger partial charge in [0.25, 0.3) is 5.91 Å². The molecule has 0 saturated heterocycles. The van der Waals surface area contributed by atoms with E-state index >= 15 is 0 Å². The van der Waals surface area contributed by atoms with Gasteiger partial charge < -0.3 is 5.32 Å². The minimum atomic E-state index is -0.257. The Hall–Kier alpha value is -2.61. The summed E-state index contributed by atoms with van der Waals surface area (Å²) in [5.41, 5.74) is 1.39. The second-order valence-corrected chi connectivity index (χ2v) is 7.56. The zero-order valence-corrected chi connectivity index (χ0v) is 15.8. The number of rotatable bonds is 5. The Morgan fingerprint density at radius 2 is 2.15 bits per heavy atom. The van der Waals surface area contributed by atoms with Gasteiger partial charge in [-0.05, 0) is 24.1 Å². The fourth-order valence-electron chi connectivity index (χ4n) is 3.16. The highest BCUT2D eigenvalue weighted by atomic mass is 32.1. The Morgan fingerprint density at radius 3 is 2.93 bits per heavy atom. The van der Waals surface area contributed by atoms with Gasteiger partial charge in [-0.25, -0.2) is 19.0 Å². The fourth-order valence-corrected chi connectivity index (χ4v) is 3.97. The Morgan fingerprint density at radius 1 is 1.33 bits per heavy atom. The van der Waals surface area contributed by atoms with Gasteiger partial charge in [0, 0.05) is 30.7 Å². The number of fused-ring (bicyclic) bond motifs is 1. The summed E-state index contributed by atoms with van der Waals surface area (Å²) in [4.78, 5) is 21.5. The number of carbonyl (C=O) groups excluding carboxylic acids is 1. The van der Waals surface area contributed by atoms with Crippen molar-refractivity contribution in [3.05, 3.63) is 63.4 Å². The molecule has 0 fully saturated rings. The predicted octanol–water partition coefficient (Wildman–Crippen LogP) is 2.77. The highest BCUT2D eigenvalue weighted by Gasteiger charge is 2.23. The SMILES string of the molecule is CCc1nc2n(n1)CC(NC(=O)c1csc(Cc3ccc(F)cc3)n1)CC2. The van der Waals surface area contributed by atoms with Gasteiger partial charge in [0.05, 0.1) is 11.6 Å². The van der Waals surface area contributed by atoms with Gasteiger partial charge in [0.1, 0.15) is 17.3 Å². The third kappa shape index (κ3) is 4.05. The first-order valence-corrected chi connectivity index (χ1v) is 9.91. The fraction of sp³-hybridized carbons (Fsp3) is 0.368. The van der Waals surface area contributed by atoms with E-state index in [2.05, 4.69) is 20.4 Å².